The second-order valence-corrected chi connectivity index (χ2v) is 8.78. The fourth-order valence-corrected chi connectivity index (χ4v) is 3.95. The summed E-state index contributed by atoms with van der Waals surface area (Å²) < 4.78 is 41.1. The maximum atomic E-state index is 14.3. The summed E-state index contributed by atoms with van der Waals surface area (Å²) in [6.45, 7) is 3.34. The van der Waals surface area contributed by atoms with Gasteiger partial charge in [0.25, 0.3) is 0 Å². The standard InChI is InChI=1S/C20H23FN4O2S/c1-4-13(2)28(26,27)25-11-16-9-14(5-7-18(16)21)15-6-8-19-17(10-15)20(22-3)24-12-23-19/h5-10,12-13,25H,4,11H2,1-3H3,(H,22,23,24). The van der Waals surface area contributed by atoms with Gasteiger partial charge in [-0.05, 0) is 48.7 Å². The highest BCUT2D eigenvalue weighted by molar-refractivity contribution is 7.90. The van der Waals surface area contributed by atoms with Crippen LogP contribution in [0.25, 0.3) is 22.0 Å². The molecule has 0 saturated carbocycles. The van der Waals surface area contributed by atoms with Crippen LogP contribution >= 0.6 is 0 Å². The van der Waals surface area contributed by atoms with Gasteiger partial charge in [0.15, 0.2) is 0 Å². The number of hydrogen-bond acceptors (Lipinski definition) is 5. The molecule has 6 nitrogen and oxygen atoms in total. The molecule has 2 N–H and O–H groups in total. The summed E-state index contributed by atoms with van der Waals surface area (Å²) in [5.41, 5.74) is 2.74. The summed E-state index contributed by atoms with van der Waals surface area (Å²) in [5, 5.41) is 3.36. The van der Waals surface area contributed by atoms with Crippen molar-refractivity contribution < 1.29 is 12.8 Å². The molecule has 3 rings (SSSR count). The quantitative estimate of drug-likeness (QED) is 0.630. The molecule has 1 aromatic heterocycles. The monoisotopic (exact) mass is 402 g/mol. The first-order valence-electron chi connectivity index (χ1n) is 9.05. The van der Waals surface area contributed by atoms with Gasteiger partial charge in [-0.3, -0.25) is 0 Å². The molecule has 2 aromatic carbocycles. The van der Waals surface area contributed by atoms with Crippen molar-refractivity contribution in [2.75, 3.05) is 12.4 Å². The van der Waals surface area contributed by atoms with Crippen molar-refractivity contribution in [1.29, 1.82) is 0 Å². The van der Waals surface area contributed by atoms with E-state index in [1.807, 2.05) is 18.2 Å². The largest absolute Gasteiger partial charge is 0.373 e. The molecule has 8 heteroatoms. The molecule has 148 valence electrons. The zero-order chi connectivity index (χ0) is 20.3. The van der Waals surface area contributed by atoms with Crippen LogP contribution in [0.1, 0.15) is 25.8 Å². The van der Waals surface area contributed by atoms with Gasteiger partial charge in [-0.15, -0.1) is 0 Å². The Kier molecular flexibility index (Phi) is 5.90. The van der Waals surface area contributed by atoms with Crippen LogP contribution in [0.3, 0.4) is 0 Å². The molecular weight excluding hydrogens is 379 g/mol. The lowest BCUT2D eigenvalue weighted by Gasteiger charge is -2.13. The van der Waals surface area contributed by atoms with Crippen molar-refractivity contribution in [2.24, 2.45) is 0 Å². The number of hydrogen-bond donors (Lipinski definition) is 2. The van der Waals surface area contributed by atoms with Crippen molar-refractivity contribution in [1.82, 2.24) is 14.7 Å². The Balaban J connectivity index is 1.94. The molecule has 0 fully saturated rings. The fraction of sp³-hybridized carbons (Fsp3) is 0.300. The van der Waals surface area contributed by atoms with Gasteiger partial charge in [0, 0.05) is 24.5 Å². The molecule has 1 unspecified atom stereocenters. The number of benzene rings is 2. The maximum Gasteiger partial charge on any atom is 0.214 e. The number of anilines is 1. The van der Waals surface area contributed by atoms with E-state index in [2.05, 4.69) is 20.0 Å². The Morgan fingerprint density at radius 2 is 1.82 bits per heavy atom. The van der Waals surface area contributed by atoms with E-state index in [4.69, 9.17) is 0 Å². The highest BCUT2D eigenvalue weighted by Gasteiger charge is 2.19. The molecule has 0 saturated heterocycles. The van der Waals surface area contributed by atoms with Crippen molar-refractivity contribution in [3.8, 4) is 11.1 Å². The molecule has 0 aliphatic carbocycles. The van der Waals surface area contributed by atoms with Crippen LogP contribution in [0.2, 0.25) is 0 Å². The molecule has 0 spiro atoms. The molecular formula is C20H23FN4O2S. The third-order valence-corrected chi connectivity index (χ3v) is 6.76. The number of nitrogens with one attached hydrogen (secondary N) is 2. The van der Waals surface area contributed by atoms with Crippen LogP contribution in [-0.4, -0.2) is 30.7 Å². The van der Waals surface area contributed by atoms with Crippen LogP contribution in [-0.2, 0) is 16.6 Å². The topological polar surface area (TPSA) is 84.0 Å². The Morgan fingerprint density at radius 1 is 1.11 bits per heavy atom. The smallest absolute Gasteiger partial charge is 0.214 e. The third kappa shape index (κ3) is 4.13. The van der Waals surface area contributed by atoms with E-state index in [1.165, 1.54) is 12.4 Å². The van der Waals surface area contributed by atoms with Crippen molar-refractivity contribution >= 4 is 26.7 Å². The molecule has 0 aliphatic heterocycles. The minimum Gasteiger partial charge on any atom is -0.373 e. The average molecular weight is 402 g/mol. The zero-order valence-electron chi connectivity index (χ0n) is 16.0. The number of fused-ring (bicyclic) bond motifs is 1. The van der Waals surface area contributed by atoms with E-state index in [0.29, 0.717) is 17.8 Å². The van der Waals surface area contributed by atoms with Gasteiger partial charge < -0.3 is 5.32 Å². The van der Waals surface area contributed by atoms with Crippen LogP contribution in [0.15, 0.2) is 42.7 Å². The molecule has 0 bridgehead atoms. The maximum absolute atomic E-state index is 14.3. The normalized spacial score (nSPS) is 12.9. The van der Waals surface area contributed by atoms with Gasteiger partial charge in [-0.2, -0.15) is 0 Å². The summed E-state index contributed by atoms with van der Waals surface area (Å²) in [6.07, 6.45) is 1.98. The number of sulfonamides is 1. The second-order valence-electron chi connectivity index (χ2n) is 6.60. The zero-order valence-corrected chi connectivity index (χ0v) is 16.8. The first-order chi connectivity index (χ1) is 13.4. The van der Waals surface area contributed by atoms with Crippen molar-refractivity contribution in [2.45, 2.75) is 32.1 Å². The summed E-state index contributed by atoms with van der Waals surface area (Å²) in [5.74, 6) is 0.256. The third-order valence-electron chi connectivity index (χ3n) is 4.82. The van der Waals surface area contributed by atoms with E-state index in [9.17, 15) is 12.8 Å². The molecule has 0 radical (unpaired) electrons. The van der Waals surface area contributed by atoms with Crippen LogP contribution < -0.4 is 10.0 Å². The minimum absolute atomic E-state index is 0.0925. The van der Waals surface area contributed by atoms with Gasteiger partial charge in [0.2, 0.25) is 10.0 Å². The lowest BCUT2D eigenvalue weighted by Crippen LogP contribution is -2.32. The van der Waals surface area contributed by atoms with Crippen LogP contribution in [0.5, 0.6) is 0 Å². The number of nitrogens with zero attached hydrogens (tertiary/aromatic N) is 2. The Labute approximate surface area is 164 Å². The first kappa shape index (κ1) is 20.2. The molecule has 0 amide bonds. The molecule has 1 atom stereocenters. The van der Waals surface area contributed by atoms with Gasteiger partial charge >= 0.3 is 0 Å². The molecule has 0 aliphatic rings. The number of rotatable bonds is 7. The van der Waals surface area contributed by atoms with Gasteiger partial charge in [0.05, 0.1) is 10.8 Å². The summed E-state index contributed by atoms with van der Waals surface area (Å²) in [4.78, 5) is 8.46. The van der Waals surface area contributed by atoms with E-state index >= 15 is 0 Å². The van der Waals surface area contributed by atoms with E-state index in [-0.39, 0.29) is 6.54 Å². The van der Waals surface area contributed by atoms with Crippen LogP contribution in [0, 0.1) is 5.82 Å². The predicted octanol–water partition coefficient (Wildman–Crippen LogP) is 3.70. The van der Waals surface area contributed by atoms with E-state index in [1.54, 1.807) is 33.0 Å². The Hall–Kier alpha value is -2.58. The molecule has 3 aromatic rings. The average Bonchev–Trinajstić information content (AvgIpc) is 2.71. The minimum atomic E-state index is -3.48. The predicted molar refractivity (Wildman–Crippen MR) is 110 cm³/mol. The van der Waals surface area contributed by atoms with Crippen molar-refractivity contribution in [3.05, 3.63) is 54.1 Å². The molecule has 28 heavy (non-hydrogen) atoms. The molecule has 1 heterocycles. The fourth-order valence-electron chi connectivity index (χ4n) is 2.87. The highest BCUT2D eigenvalue weighted by atomic mass is 32.2. The number of halogens is 1. The Morgan fingerprint density at radius 3 is 2.54 bits per heavy atom. The summed E-state index contributed by atoms with van der Waals surface area (Å²) in [6, 6.07) is 10.4. The summed E-state index contributed by atoms with van der Waals surface area (Å²) >= 11 is 0. The van der Waals surface area contributed by atoms with E-state index < -0.39 is 21.1 Å². The lowest BCUT2D eigenvalue weighted by atomic mass is 10.0. The highest BCUT2D eigenvalue weighted by Crippen LogP contribution is 2.28. The first-order valence-corrected chi connectivity index (χ1v) is 10.6. The Bertz CT molecular complexity index is 1100. The van der Waals surface area contributed by atoms with Gasteiger partial charge in [-0.25, -0.2) is 27.5 Å². The SMILES string of the molecule is CCC(C)S(=O)(=O)NCc1cc(-c2ccc3ncnc(NC)c3c2)ccc1F. The number of aromatic nitrogens is 2. The second kappa shape index (κ2) is 8.20. The van der Waals surface area contributed by atoms with Crippen molar-refractivity contribution in [3.63, 3.8) is 0 Å². The summed E-state index contributed by atoms with van der Waals surface area (Å²) in [7, 11) is -1.70. The van der Waals surface area contributed by atoms with Gasteiger partial charge in [-0.1, -0.05) is 19.1 Å². The van der Waals surface area contributed by atoms with E-state index in [0.717, 1.165) is 22.0 Å². The van der Waals surface area contributed by atoms with Gasteiger partial charge in [0.1, 0.15) is 18.0 Å². The lowest BCUT2D eigenvalue weighted by molar-refractivity contribution is 0.561. The van der Waals surface area contributed by atoms with Crippen LogP contribution in [0.4, 0.5) is 10.2 Å².